The number of rotatable bonds is 6. The second-order valence-corrected chi connectivity index (χ2v) is 13.0. The minimum atomic E-state index is -0.248. The van der Waals surface area contributed by atoms with E-state index in [1.165, 1.54) is 17.7 Å². The van der Waals surface area contributed by atoms with Crippen LogP contribution < -0.4 is 4.90 Å². The summed E-state index contributed by atoms with van der Waals surface area (Å²) in [6.07, 6.45) is 6.22. The van der Waals surface area contributed by atoms with Gasteiger partial charge in [-0.3, -0.25) is 9.69 Å². The van der Waals surface area contributed by atoms with Crippen LogP contribution in [0.15, 0.2) is 94.7 Å². The number of amides is 1. The highest BCUT2D eigenvalue weighted by Gasteiger charge is 2.46. The van der Waals surface area contributed by atoms with Crippen molar-refractivity contribution in [3.63, 3.8) is 0 Å². The van der Waals surface area contributed by atoms with Gasteiger partial charge in [-0.2, -0.15) is 0 Å². The predicted octanol–water partition coefficient (Wildman–Crippen LogP) is 8.69. The van der Waals surface area contributed by atoms with Crippen LogP contribution in [0, 0.1) is 12.7 Å². The first-order valence-corrected chi connectivity index (χ1v) is 15.5. The maximum atomic E-state index is 13.9. The van der Waals surface area contributed by atoms with Crippen LogP contribution >= 0.6 is 35.0 Å². The van der Waals surface area contributed by atoms with Gasteiger partial charge in [0.05, 0.1) is 0 Å². The minimum Gasteiger partial charge on any atom is -0.307 e. The fourth-order valence-electron chi connectivity index (χ4n) is 5.94. The van der Waals surface area contributed by atoms with Crippen molar-refractivity contribution in [1.82, 2.24) is 9.88 Å². The van der Waals surface area contributed by atoms with Crippen LogP contribution in [0.25, 0.3) is 6.08 Å². The predicted molar refractivity (Wildman–Crippen MR) is 170 cm³/mol. The summed E-state index contributed by atoms with van der Waals surface area (Å²) in [6, 6.07) is 24.2. The lowest BCUT2D eigenvalue weighted by molar-refractivity contribution is 0.0977. The normalized spacial score (nSPS) is 16.3. The molecular formula is C34H30Cl2FN3OS. The van der Waals surface area contributed by atoms with Crippen LogP contribution in [0.5, 0.6) is 0 Å². The molecule has 214 valence electrons. The third kappa shape index (κ3) is 6.28. The van der Waals surface area contributed by atoms with E-state index in [0.29, 0.717) is 23.0 Å². The Bertz CT molecular complexity index is 1610. The number of carbonyl (C=O) groups excluding carboxylic acids is 1. The first-order valence-electron chi connectivity index (χ1n) is 14.0. The van der Waals surface area contributed by atoms with Crippen molar-refractivity contribution in [3.05, 3.63) is 123 Å². The van der Waals surface area contributed by atoms with Gasteiger partial charge in [0.25, 0.3) is 5.91 Å². The van der Waals surface area contributed by atoms with Crippen molar-refractivity contribution in [3.8, 4) is 0 Å². The average molecular weight is 619 g/mol. The molecular weight excluding hydrogens is 588 g/mol. The van der Waals surface area contributed by atoms with Gasteiger partial charge < -0.3 is 4.90 Å². The summed E-state index contributed by atoms with van der Waals surface area (Å²) in [5, 5.41) is 1.05. The van der Waals surface area contributed by atoms with Gasteiger partial charge >= 0.3 is 0 Å². The number of aromatic nitrogens is 1. The van der Waals surface area contributed by atoms with E-state index >= 15 is 0 Å². The molecule has 0 atom stereocenters. The third-order valence-corrected chi connectivity index (χ3v) is 9.55. The highest BCUT2D eigenvalue weighted by molar-refractivity contribution is 7.99. The largest absolute Gasteiger partial charge is 0.307 e. The highest BCUT2D eigenvalue weighted by Crippen LogP contribution is 2.49. The second-order valence-electron chi connectivity index (χ2n) is 11.0. The number of nitrogens with zero attached hydrogens (tertiary/aromatic N) is 3. The summed E-state index contributed by atoms with van der Waals surface area (Å²) in [7, 11) is 0. The molecule has 1 saturated heterocycles. The second kappa shape index (κ2) is 12.2. The molecule has 0 radical (unpaired) electrons. The molecule has 1 spiro atoms. The lowest BCUT2D eigenvalue weighted by atomic mass is 9.74. The van der Waals surface area contributed by atoms with Crippen molar-refractivity contribution in [2.45, 2.75) is 35.0 Å². The van der Waals surface area contributed by atoms with E-state index in [1.807, 2.05) is 42.2 Å². The number of piperidine rings is 1. The number of hydrogen-bond acceptors (Lipinski definition) is 4. The molecule has 0 unspecified atom stereocenters. The molecule has 2 aliphatic heterocycles. The van der Waals surface area contributed by atoms with E-state index < -0.39 is 0 Å². The average Bonchev–Trinajstić information content (AvgIpc) is 3.28. The Morgan fingerprint density at radius 3 is 2.40 bits per heavy atom. The number of benzene rings is 3. The zero-order valence-electron chi connectivity index (χ0n) is 23.2. The smallest absolute Gasteiger partial charge is 0.258 e. The minimum absolute atomic E-state index is 0.0622. The van der Waals surface area contributed by atoms with Crippen molar-refractivity contribution in [2.75, 3.05) is 31.1 Å². The molecule has 6 rings (SSSR count). The highest BCUT2D eigenvalue weighted by atomic mass is 35.5. The van der Waals surface area contributed by atoms with Gasteiger partial charge in [-0.05, 0) is 111 Å². The number of likely N-dealkylation sites (tertiary alicyclic amines) is 1. The molecule has 1 amide bonds. The van der Waals surface area contributed by atoms with E-state index in [2.05, 4.69) is 34.2 Å². The van der Waals surface area contributed by atoms with Crippen LogP contribution in [0.3, 0.4) is 0 Å². The lowest BCUT2D eigenvalue weighted by Crippen LogP contribution is -2.46. The maximum absolute atomic E-state index is 13.9. The molecule has 0 aliphatic carbocycles. The summed E-state index contributed by atoms with van der Waals surface area (Å²) < 4.78 is 13.5. The molecule has 4 nitrogen and oxygen atoms in total. The first kappa shape index (κ1) is 28.9. The quantitative estimate of drug-likeness (QED) is 0.203. The summed E-state index contributed by atoms with van der Waals surface area (Å²) in [4.78, 5) is 24.5. The Morgan fingerprint density at radius 2 is 1.69 bits per heavy atom. The van der Waals surface area contributed by atoms with Gasteiger partial charge in [0, 0.05) is 50.3 Å². The number of pyridine rings is 1. The van der Waals surface area contributed by atoms with Gasteiger partial charge in [-0.1, -0.05) is 59.2 Å². The molecule has 1 fully saturated rings. The van der Waals surface area contributed by atoms with Crippen molar-refractivity contribution in [1.29, 1.82) is 0 Å². The van der Waals surface area contributed by atoms with E-state index in [0.717, 1.165) is 58.5 Å². The molecule has 0 saturated carbocycles. The molecule has 4 aromatic rings. The SMILES string of the molecule is Cc1cc(C(=O)N2CC3(CCN(CC=Cc4ccc(Cl)cc4)CC3)c3cc(Sc4ccc(F)cc4)ccc32)cc(Cl)n1. The van der Waals surface area contributed by atoms with Gasteiger partial charge in [-0.25, -0.2) is 9.37 Å². The van der Waals surface area contributed by atoms with E-state index in [9.17, 15) is 9.18 Å². The monoisotopic (exact) mass is 617 g/mol. The molecule has 0 bridgehead atoms. The molecule has 42 heavy (non-hydrogen) atoms. The Kier molecular flexibility index (Phi) is 8.42. The molecule has 1 aromatic heterocycles. The first-order chi connectivity index (χ1) is 20.3. The zero-order chi connectivity index (χ0) is 29.3. The van der Waals surface area contributed by atoms with Crippen LogP contribution in [0.4, 0.5) is 10.1 Å². The fourth-order valence-corrected chi connectivity index (χ4v) is 7.18. The standard InChI is InChI=1S/C34H30Cl2FN3OS/c1-23-19-25(20-32(36)38-23)33(41)40-22-34(14-17-39(18-15-34)16-2-3-24-4-6-26(35)7-5-24)30-21-29(12-13-31(30)40)42-28-10-8-27(37)9-11-28/h2-13,19-21H,14-18,22H2,1H3. The molecule has 2 aliphatic rings. The summed E-state index contributed by atoms with van der Waals surface area (Å²) in [5.74, 6) is -0.310. The van der Waals surface area contributed by atoms with Gasteiger partial charge in [-0.15, -0.1) is 0 Å². The zero-order valence-corrected chi connectivity index (χ0v) is 25.5. The third-order valence-electron chi connectivity index (χ3n) is 8.11. The topological polar surface area (TPSA) is 36.4 Å². The van der Waals surface area contributed by atoms with Crippen LogP contribution in [-0.2, 0) is 5.41 Å². The summed E-state index contributed by atoms with van der Waals surface area (Å²) in [6.45, 7) is 5.20. The van der Waals surface area contributed by atoms with Crippen molar-refractivity contribution >= 4 is 52.6 Å². The molecule has 3 aromatic carbocycles. The summed E-state index contributed by atoms with van der Waals surface area (Å²) in [5.41, 5.74) is 4.40. The van der Waals surface area contributed by atoms with Gasteiger partial charge in [0.15, 0.2) is 0 Å². The summed E-state index contributed by atoms with van der Waals surface area (Å²) >= 11 is 13.9. The molecule has 8 heteroatoms. The Balaban J connectivity index is 1.25. The number of anilines is 1. The van der Waals surface area contributed by atoms with E-state index in [1.54, 1.807) is 36.0 Å². The molecule has 0 N–H and O–H groups in total. The Hall–Kier alpha value is -3.16. The number of halogens is 3. The number of carbonyl (C=O) groups is 1. The lowest BCUT2D eigenvalue weighted by Gasteiger charge is -2.39. The van der Waals surface area contributed by atoms with Crippen molar-refractivity contribution in [2.24, 2.45) is 0 Å². The Morgan fingerprint density at radius 1 is 0.976 bits per heavy atom. The van der Waals surface area contributed by atoms with Crippen molar-refractivity contribution < 1.29 is 9.18 Å². The number of hydrogen-bond donors (Lipinski definition) is 0. The maximum Gasteiger partial charge on any atom is 0.258 e. The van der Waals surface area contributed by atoms with Gasteiger partial charge in [0.2, 0.25) is 0 Å². The van der Waals surface area contributed by atoms with Crippen LogP contribution in [0.2, 0.25) is 10.2 Å². The van der Waals surface area contributed by atoms with Crippen LogP contribution in [0.1, 0.15) is 40.0 Å². The Labute approximate surface area is 260 Å². The van der Waals surface area contributed by atoms with Gasteiger partial charge in [0.1, 0.15) is 11.0 Å². The van der Waals surface area contributed by atoms with E-state index in [-0.39, 0.29) is 17.1 Å². The fraction of sp³-hybridized carbons (Fsp3) is 0.235. The molecule has 3 heterocycles. The van der Waals surface area contributed by atoms with E-state index in [4.69, 9.17) is 23.2 Å². The van der Waals surface area contributed by atoms with Crippen LogP contribution in [-0.4, -0.2) is 42.0 Å². The number of fused-ring (bicyclic) bond motifs is 2. The number of aryl methyl sites for hydroxylation is 1.